The molecule has 0 amide bonds. The van der Waals surface area contributed by atoms with Crippen LogP contribution in [-0.4, -0.2) is 0 Å². The number of rotatable bonds is 3. The molecule has 0 saturated carbocycles. The van der Waals surface area contributed by atoms with Crippen LogP contribution in [0.15, 0.2) is 156 Å². The number of furan rings is 1. The summed E-state index contributed by atoms with van der Waals surface area (Å²) in [5.41, 5.74) is 5.28. The van der Waals surface area contributed by atoms with Crippen molar-refractivity contribution in [2.45, 2.75) is 0 Å². The Hall–Kier alpha value is -5.60. The maximum atomic E-state index is 6.18. The van der Waals surface area contributed by atoms with E-state index in [1.54, 1.807) is 0 Å². The second-order valence-corrected chi connectivity index (χ2v) is 11.0. The first-order valence-electron chi connectivity index (χ1n) is 14.4. The molecule has 0 unspecified atom stereocenters. The van der Waals surface area contributed by atoms with Crippen LogP contribution in [0.1, 0.15) is 0 Å². The number of hydrogen-bond acceptors (Lipinski definition) is 2. The minimum Gasteiger partial charge on any atom is -0.456 e. The quantitative estimate of drug-likeness (QED) is 0.209. The van der Waals surface area contributed by atoms with E-state index in [9.17, 15) is 0 Å². The zero-order chi connectivity index (χ0) is 27.6. The van der Waals surface area contributed by atoms with Gasteiger partial charge in [0.05, 0.1) is 5.69 Å². The molecule has 0 spiro atoms. The van der Waals surface area contributed by atoms with Crippen molar-refractivity contribution in [3.63, 3.8) is 0 Å². The fourth-order valence-corrected chi connectivity index (χ4v) is 6.63. The van der Waals surface area contributed by atoms with E-state index in [1.165, 1.54) is 43.1 Å². The number of para-hydroxylation sites is 2. The van der Waals surface area contributed by atoms with Gasteiger partial charge in [-0.1, -0.05) is 103 Å². The van der Waals surface area contributed by atoms with Gasteiger partial charge in [0.2, 0.25) is 0 Å². The normalized spacial score (nSPS) is 11.8. The lowest BCUT2D eigenvalue weighted by molar-refractivity contribution is 0.669. The van der Waals surface area contributed by atoms with E-state index in [1.807, 2.05) is 12.1 Å². The minimum atomic E-state index is 0.927. The lowest BCUT2D eigenvalue weighted by Crippen LogP contribution is -2.10. The highest BCUT2D eigenvalue weighted by molar-refractivity contribution is 6.17. The highest BCUT2D eigenvalue weighted by Gasteiger charge is 2.17. The average molecular weight is 536 g/mol. The van der Waals surface area contributed by atoms with E-state index in [0.717, 1.165) is 39.0 Å². The molecular weight excluding hydrogens is 510 g/mol. The second kappa shape index (κ2) is 8.95. The van der Waals surface area contributed by atoms with Crippen molar-refractivity contribution in [3.8, 4) is 0 Å². The van der Waals surface area contributed by atoms with Crippen molar-refractivity contribution >= 4 is 82.1 Å². The largest absolute Gasteiger partial charge is 0.456 e. The fourth-order valence-electron chi connectivity index (χ4n) is 6.63. The Kier molecular flexibility index (Phi) is 4.93. The molecule has 0 saturated heterocycles. The Labute approximate surface area is 242 Å². The molecule has 0 atom stereocenters. The molecule has 0 aliphatic heterocycles. The molecule has 0 radical (unpaired) electrons. The van der Waals surface area contributed by atoms with Gasteiger partial charge in [0.25, 0.3) is 0 Å². The monoisotopic (exact) mass is 535 g/mol. The van der Waals surface area contributed by atoms with Gasteiger partial charge in [-0.2, -0.15) is 0 Å². The van der Waals surface area contributed by atoms with Crippen LogP contribution in [-0.2, 0) is 0 Å². The Morgan fingerprint density at radius 2 is 1.02 bits per heavy atom. The van der Waals surface area contributed by atoms with Crippen molar-refractivity contribution in [2.75, 3.05) is 4.90 Å². The molecule has 8 aromatic carbocycles. The third-order valence-electron chi connectivity index (χ3n) is 8.59. The van der Waals surface area contributed by atoms with Crippen LogP contribution in [0.4, 0.5) is 17.1 Å². The SMILES string of the molecule is c1ccc(N(c2ccc3c(ccc4cc5oc6ccccc6c5cc43)c2)c2cccc3c2ccc2ccccc23)cc1. The van der Waals surface area contributed by atoms with Crippen LogP contribution in [0.2, 0.25) is 0 Å². The van der Waals surface area contributed by atoms with Crippen LogP contribution < -0.4 is 4.90 Å². The maximum Gasteiger partial charge on any atom is 0.136 e. The molecule has 0 bridgehead atoms. The number of anilines is 3. The van der Waals surface area contributed by atoms with Gasteiger partial charge in [0.15, 0.2) is 0 Å². The van der Waals surface area contributed by atoms with E-state index in [2.05, 4.69) is 144 Å². The zero-order valence-electron chi connectivity index (χ0n) is 22.8. The van der Waals surface area contributed by atoms with Gasteiger partial charge in [-0.05, 0) is 86.2 Å². The van der Waals surface area contributed by atoms with Gasteiger partial charge in [-0.15, -0.1) is 0 Å². The van der Waals surface area contributed by atoms with Crippen LogP contribution in [0, 0.1) is 0 Å². The van der Waals surface area contributed by atoms with Gasteiger partial charge in [0, 0.05) is 27.5 Å². The summed E-state index contributed by atoms with van der Waals surface area (Å²) in [7, 11) is 0. The summed E-state index contributed by atoms with van der Waals surface area (Å²) in [5.74, 6) is 0. The molecule has 9 aromatic rings. The highest BCUT2D eigenvalue weighted by Crippen LogP contribution is 2.42. The zero-order valence-corrected chi connectivity index (χ0v) is 22.8. The first-order chi connectivity index (χ1) is 20.8. The summed E-state index contributed by atoms with van der Waals surface area (Å²) in [6, 6.07) is 54.5. The summed E-state index contributed by atoms with van der Waals surface area (Å²) in [4.78, 5) is 2.38. The van der Waals surface area contributed by atoms with Crippen molar-refractivity contribution in [2.24, 2.45) is 0 Å². The lowest BCUT2D eigenvalue weighted by Gasteiger charge is -2.27. The summed E-state index contributed by atoms with van der Waals surface area (Å²) in [5, 5.41) is 12.2. The molecule has 9 rings (SSSR count). The Morgan fingerprint density at radius 1 is 0.333 bits per heavy atom. The molecule has 0 aliphatic rings. The summed E-state index contributed by atoms with van der Waals surface area (Å²) in [6.07, 6.45) is 0. The molecule has 1 aromatic heterocycles. The predicted molar refractivity (Wildman–Crippen MR) is 178 cm³/mol. The lowest BCUT2D eigenvalue weighted by atomic mass is 9.98. The van der Waals surface area contributed by atoms with E-state index in [-0.39, 0.29) is 0 Å². The summed E-state index contributed by atoms with van der Waals surface area (Å²) >= 11 is 0. The molecule has 42 heavy (non-hydrogen) atoms. The van der Waals surface area contributed by atoms with Crippen molar-refractivity contribution < 1.29 is 4.42 Å². The van der Waals surface area contributed by atoms with Gasteiger partial charge in [-0.25, -0.2) is 0 Å². The number of benzene rings is 8. The van der Waals surface area contributed by atoms with Gasteiger partial charge >= 0.3 is 0 Å². The van der Waals surface area contributed by atoms with Crippen molar-refractivity contribution in [1.82, 2.24) is 0 Å². The molecule has 196 valence electrons. The Morgan fingerprint density at radius 3 is 1.93 bits per heavy atom. The number of fused-ring (bicyclic) bond motifs is 9. The standard InChI is InChI=1S/C40H25NO/c1-2-10-29(11-3-1)41(38-15-8-14-33-31-12-5-4-9-26(31)19-21-34(33)38)30-20-22-32-27(23-30)17-18-28-24-40-37(25-36(28)32)35-13-6-7-16-39(35)42-40/h1-25H. The number of hydrogen-bond donors (Lipinski definition) is 0. The minimum absolute atomic E-state index is 0.927. The number of nitrogens with zero attached hydrogens (tertiary/aromatic N) is 1. The summed E-state index contributed by atoms with van der Waals surface area (Å²) < 4.78 is 6.18. The first-order valence-corrected chi connectivity index (χ1v) is 14.4. The Balaban J connectivity index is 1.28. The molecule has 2 heteroatoms. The molecule has 0 N–H and O–H groups in total. The average Bonchev–Trinajstić information content (AvgIpc) is 3.42. The summed E-state index contributed by atoms with van der Waals surface area (Å²) in [6.45, 7) is 0. The smallest absolute Gasteiger partial charge is 0.136 e. The van der Waals surface area contributed by atoms with E-state index in [0.29, 0.717) is 0 Å². The molecule has 1 heterocycles. The van der Waals surface area contributed by atoms with E-state index >= 15 is 0 Å². The van der Waals surface area contributed by atoms with Crippen LogP contribution in [0.3, 0.4) is 0 Å². The molecule has 2 nitrogen and oxygen atoms in total. The van der Waals surface area contributed by atoms with E-state index < -0.39 is 0 Å². The second-order valence-electron chi connectivity index (χ2n) is 11.0. The molecule has 0 aliphatic carbocycles. The van der Waals surface area contributed by atoms with E-state index in [4.69, 9.17) is 4.42 Å². The third kappa shape index (κ3) is 3.45. The van der Waals surface area contributed by atoms with Gasteiger partial charge in [-0.3, -0.25) is 0 Å². The fraction of sp³-hybridized carbons (Fsp3) is 0. The van der Waals surface area contributed by atoms with Crippen LogP contribution >= 0.6 is 0 Å². The van der Waals surface area contributed by atoms with Gasteiger partial charge in [0.1, 0.15) is 11.2 Å². The topological polar surface area (TPSA) is 16.4 Å². The van der Waals surface area contributed by atoms with Gasteiger partial charge < -0.3 is 9.32 Å². The van der Waals surface area contributed by atoms with Crippen LogP contribution in [0.5, 0.6) is 0 Å². The molecular formula is C40H25NO. The predicted octanol–water partition coefficient (Wildman–Crippen LogP) is 11.7. The highest BCUT2D eigenvalue weighted by atomic mass is 16.3. The molecule has 0 fully saturated rings. The third-order valence-corrected chi connectivity index (χ3v) is 8.59. The Bertz CT molecular complexity index is 2470. The van der Waals surface area contributed by atoms with Crippen molar-refractivity contribution in [1.29, 1.82) is 0 Å². The maximum absolute atomic E-state index is 6.18. The van der Waals surface area contributed by atoms with Crippen LogP contribution in [0.25, 0.3) is 65.0 Å². The first kappa shape index (κ1) is 23.1. The van der Waals surface area contributed by atoms with Crippen molar-refractivity contribution in [3.05, 3.63) is 152 Å².